The Kier molecular flexibility index (Phi) is 4.84. The number of phenolic OH excluding ortho intramolecular Hbond substituents is 1. The van der Waals surface area contributed by atoms with Gasteiger partial charge in [-0.1, -0.05) is 18.2 Å². The number of hydrogen-bond acceptors (Lipinski definition) is 7. The van der Waals surface area contributed by atoms with E-state index in [1.54, 1.807) is 17.0 Å². The molecule has 2 aromatic rings. The number of rotatable bonds is 5. The first-order valence-corrected chi connectivity index (χ1v) is 8.05. The van der Waals surface area contributed by atoms with Gasteiger partial charge in [0.1, 0.15) is 0 Å². The van der Waals surface area contributed by atoms with Gasteiger partial charge >= 0.3 is 5.69 Å². The van der Waals surface area contributed by atoms with E-state index in [0.29, 0.717) is 17.7 Å². The van der Waals surface area contributed by atoms with Crippen LogP contribution in [0, 0.1) is 10.1 Å². The minimum atomic E-state index is -0.725. The number of benzene rings is 2. The second-order valence-corrected chi connectivity index (χ2v) is 5.61. The summed E-state index contributed by atoms with van der Waals surface area (Å²) >= 11 is 0. The largest absolute Gasteiger partial charge is 0.500 e. The molecule has 0 aliphatic carbocycles. The van der Waals surface area contributed by atoms with E-state index in [-0.39, 0.29) is 17.4 Å². The van der Waals surface area contributed by atoms with Crippen molar-refractivity contribution in [2.45, 2.75) is 6.92 Å². The predicted molar refractivity (Wildman–Crippen MR) is 99.9 cm³/mol. The van der Waals surface area contributed by atoms with Crippen molar-refractivity contribution in [3.05, 3.63) is 57.6 Å². The average molecular weight is 368 g/mol. The smallest absolute Gasteiger partial charge is 0.315 e. The van der Waals surface area contributed by atoms with Crippen LogP contribution >= 0.6 is 0 Å². The fourth-order valence-corrected chi connectivity index (χ4v) is 2.81. The molecule has 0 saturated carbocycles. The molecule has 1 heterocycles. The molecule has 2 aromatic carbocycles. The zero-order valence-corrected chi connectivity index (χ0v) is 14.6. The lowest BCUT2D eigenvalue weighted by Gasteiger charge is -2.12. The Morgan fingerprint density at radius 2 is 2.07 bits per heavy atom. The van der Waals surface area contributed by atoms with Gasteiger partial charge in [-0.25, -0.2) is 0 Å². The molecule has 9 nitrogen and oxygen atoms in total. The minimum absolute atomic E-state index is 0.0576. The molecule has 0 spiro atoms. The number of nitro groups is 1. The lowest BCUT2D eigenvalue weighted by atomic mass is 10.1. The van der Waals surface area contributed by atoms with Crippen LogP contribution in [0.2, 0.25) is 0 Å². The number of carbonyl (C=O) groups is 1. The second kappa shape index (κ2) is 7.24. The van der Waals surface area contributed by atoms with Crippen molar-refractivity contribution in [3.8, 4) is 11.5 Å². The van der Waals surface area contributed by atoms with E-state index in [4.69, 9.17) is 4.74 Å². The highest BCUT2D eigenvalue weighted by molar-refractivity contribution is 6.54. The molecular weight excluding hydrogens is 352 g/mol. The van der Waals surface area contributed by atoms with Gasteiger partial charge in [0.2, 0.25) is 5.75 Å². The Bertz CT molecular complexity index is 984. The van der Waals surface area contributed by atoms with Crippen LogP contribution < -0.4 is 9.64 Å². The van der Waals surface area contributed by atoms with Gasteiger partial charge in [0.15, 0.2) is 11.5 Å². The fraction of sp³-hybridized carbons (Fsp3) is 0.167. The monoisotopic (exact) mass is 368 g/mol. The quantitative estimate of drug-likeness (QED) is 0.494. The molecule has 0 saturated heterocycles. The highest BCUT2D eigenvalue weighted by atomic mass is 16.6. The number of carbonyl (C=O) groups excluding carboxylic acids is 1. The third-order valence-electron chi connectivity index (χ3n) is 4.07. The number of para-hydroxylation sites is 1. The Labute approximate surface area is 154 Å². The van der Waals surface area contributed by atoms with Crippen molar-refractivity contribution >= 4 is 29.2 Å². The van der Waals surface area contributed by atoms with E-state index in [0.717, 1.165) is 11.8 Å². The van der Waals surface area contributed by atoms with Crippen LogP contribution in [0.3, 0.4) is 0 Å². The van der Waals surface area contributed by atoms with Gasteiger partial charge in [0, 0.05) is 23.7 Å². The van der Waals surface area contributed by atoms with Crippen molar-refractivity contribution in [1.82, 2.24) is 0 Å². The van der Waals surface area contributed by atoms with E-state index in [9.17, 15) is 20.0 Å². The van der Waals surface area contributed by atoms with Crippen molar-refractivity contribution in [3.63, 3.8) is 0 Å². The van der Waals surface area contributed by atoms with Gasteiger partial charge < -0.3 is 14.7 Å². The maximum atomic E-state index is 12.5. The predicted octanol–water partition coefficient (Wildman–Crippen LogP) is 2.50. The molecule has 27 heavy (non-hydrogen) atoms. The highest BCUT2D eigenvalue weighted by Gasteiger charge is 2.32. The number of methoxy groups -OCH3 is 1. The summed E-state index contributed by atoms with van der Waals surface area (Å²) in [4.78, 5) is 24.4. The maximum absolute atomic E-state index is 12.5. The summed E-state index contributed by atoms with van der Waals surface area (Å²) in [5.74, 6) is -0.882. The first-order valence-electron chi connectivity index (χ1n) is 8.05. The maximum Gasteiger partial charge on any atom is 0.315 e. The molecule has 0 unspecified atom stereocenters. The standard InChI is InChI=1S/C18H16N4O5/c1-3-21-13-7-5-4-6-12(13)16(18(21)24)20-19-10-11-8-14(22(25)26)17(23)15(9-11)27-2/h4-10,23H,3H2,1-2H3/b19-10+,20-16+. The fourth-order valence-electron chi connectivity index (χ4n) is 2.81. The summed E-state index contributed by atoms with van der Waals surface area (Å²) in [6.07, 6.45) is 1.26. The lowest BCUT2D eigenvalue weighted by Crippen LogP contribution is -2.29. The highest BCUT2D eigenvalue weighted by Crippen LogP contribution is 2.36. The van der Waals surface area contributed by atoms with Crippen LogP contribution in [0.5, 0.6) is 11.5 Å². The van der Waals surface area contributed by atoms with Crippen molar-refractivity contribution < 1.29 is 19.6 Å². The number of anilines is 1. The molecule has 0 fully saturated rings. The normalized spacial score (nSPS) is 14.8. The molecule has 3 rings (SSSR count). The number of phenols is 1. The van der Waals surface area contributed by atoms with Crippen LogP contribution in [0.15, 0.2) is 46.6 Å². The van der Waals surface area contributed by atoms with Crippen LogP contribution in [-0.4, -0.2) is 41.5 Å². The number of likely N-dealkylation sites (N-methyl/N-ethyl adjacent to an activating group) is 1. The summed E-state index contributed by atoms with van der Waals surface area (Å²) < 4.78 is 4.94. The zero-order chi connectivity index (χ0) is 19.6. The molecule has 0 radical (unpaired) electrons. The van der Waals surface area contributed by atoms with Crippen molar-refractivity contribution in [2.24, 2.45) is 10.2 Å². The molecule has 1 amide bonds. The van der Waals surface area contributed by atoms with E-state index in [2.05, 4.69) is 10.2 Å². The van der Waals surface area contributed by atoms with Crippen LogP contribution in [0.25, 0.3) is 0 Å². The van der Waals surface area contributed by atoms with Gasteiger partial charge in [-0.05, 0) is 19.1 Å². The third-order valence-corrected chi connectivity index (χ3v) is 4.07. The topological polar surface area (TPSA) is 118 Å². The number of hydrogen-bond donors (Lipinski definition) is 1. The first kappa shape index (κ1) is 18.1. The van der Waals surface area contributed by atoms with Crippen molar-refractivity contribution in [2.75, 3.05) is 18.6 Å². The van der Waals surface area contributed by atoms with Gasteiger partial charge in [-0.2, -0.15) is 5.10 Å². The summed E-state index contributed by atoms with van der Waals surface area (Å²) in [6, 6.07) is 9.78. The SMILES string of the molecule is CCN1C(=O)/C(=N/N=C/c2cc(OC)c(O)c([N+](=O)[O-])c2)c2ccccc21. The van der Waals surface area contributed by atoms with Crippen LogP contribution in [-0.2, 0) is 4.79 Å². The van der Waals surface area contributed by atoms with Gasteiger partial charge in [-0.3, -0.25) is 14.9 Å². The van der Waals surface area contributed by atoms with E-state index >= 15 is 0 Å². The van der Waals surface area contributed by atoms with Crippen LogP contribution in [0.1, 0.15) is 18.1 Å². The molecule has 138 valence electrons. The van der Waals surface area contributed by atoms with E-state index < -0.39 is 16.4 Å². The molecule has 0 aromatic heterocycles. The summed E-state index contributed by atoms with van der Waals surface area (Å²) in [5.41, 5.74) is 1.43. The molecule has 1 aliphatic heterocycles. The minimum Gasteiger partial charge on any atom is -0.500 e. The van der Waals surface area contributed by atoms with Crippen molar-refractivity contribution in [1.29, 1.82) is 0 Å². The molecular formula is C18H16N4O5. The molecule has 1 N–H and O–H groups in total. The molecule has 0 atom stereocenters. The second-order valence-electron chi connectivity index (χ2n) is 5.61. The van der Waals surface area contributed by atoms with E-state index in [1.165, 1.54) is 19.4 Å². The molecule has 0 bridgehead atoms. The number of aromatic hydroxyl groups is 1. The number of nitrogens with zero attached hydrogens (tertiary/aromatic N) is 4. The number of nitro benzene ring substituents is 1. The van der Waals surface area contributed by atoms with Crippen LogP contribution in [0.4, 0.5) is 11.4 Å². The lowest BCUT2D eigenvalue weighted by molar-refractivity contribution is -0.386. The Morgan fingerprint density at radius 3 is 2.74 bits per heavy atom. The van der Waals surface area contributed by atoms with E-state index in [1.807, 2.05) is 19.1 Å². The summed E-state index contributed by atoms with van der Waals surface area (Å²) in [6.45, 7) is 2.36. The third kappa shape index (κ3) is 3.22. The first-order chi connectivity index (χ1) is 13.0. The molecule has 1 aliphatic rings. The number of amides is 1. The number of ether oxygens (including phenoxy) is 1. The van der Waals surface area contributed by atoms with Gasteiger partial charge in [0.25, 0.3) is 5.91 Å². The summed E-state index contributed by atoms with van der Waals surface area (Å²) in [5, 5.41) is 28.8. The Balaban J connectivity index is 1.97. The Hall–Kier alpha value is -3.75. The number of fused-ring (bicyclic) bond motifs is 1. The average Bonchev–Trinajstić information content (AvgIpc) is 2.93. The van der Waals surface area contributed by atoms with Gasteiger partial charge in [-0.15, -0.1) is 5.10 Å². The Morgan fingerprint density at radius 1 is 1.33 bits per heavy atom. The zero-order valence-electron chi connectivity index (χ0n) is 14.6. The van der Waals surface area contributed by atoms with Gasteiger partial charge in [0.05, 0.1) is 23.9 Å². The summed E-state index contributed by atoms with van der Waals surface area (Å²) in [7, 11) is 1.29. The molecule has 9 heteroatoms.